The lowest BCUT2D eigenvalue weighted by atomic mass is 9.99. The number of para-hydroxylation sites is 2. The zero-order valence-electron chi connectivity index (χ0n) is 21.6. The van der Waals surface area contributed by atoms with Crippen LogP contribution in [0.3, 0.4) is 0 Å². The van der Waals surface area contributed by atoms with Crippen molar-refractivity contribution in [2.24, 2.45) is 0 Å². The van der Waals surface area contributed by atoms with Crippen molar-refractivity contribution in [1.82, 2.24) is 14.5 Å². The Labute approximate surface area is 230 Å². The van der Waals surface area contributed by atoms with Crippen LogP contribution in [0.25, 0.3) is 11.0 Å². The largest absolute Gasteiger partial charge is 0.479 e. The Morgan fingerprint density at radius 2 is 1.71 bits per heavy atom. The smallest absolute Gasteiger partial charge is 0.420 e. The fraction of sp³-hybridized carbons (Fsp3) is 0.462. The summed E-state index contributed by atoms with van der Waals surface area (Å²) in [6, 6.07) is 10.7. The minimum atomic E-state index is -4.87. The predicted octanol–water partition coefficient (Wildman–Crippen LogP) is 0.442. The average Bonchev–Trinajstić information content (AvgIpc) is 3.26. The first-order valence-electron chi connectivity index (χ1n) is 12.9. The molecule has 0 radical (unpaired) electrons. The number of benzene rings is 2. The van der Waals surface area contributed by atoms with Crippen molar-refractivity contribution >= 4 is 22.7 Å². The summed E-state index contributed by atoms with van der Waals surface area (Å²) in [4.78, 5) is 30.3. The second-order valence-corrected chi connectivity index (χ2v) is 9.96. The van der Waals surface area contributed by atoms with Crippen LogP contribution in [0.4, 0.5) is 18.9 Å². The lowest BCUT2D eigenvalue weighted by Crippen LogP contribution is -2.61. The molecular formula is C26H29F3N4O8. The van der Waals surface area contributed by atoms with Gasteiger partial charge in [-0.3, -0.25) is 9.47 Å². The minimum absolute atomic E-state index is 0.206. The Hall–Kier alpha value is -3.63. The van der Waals surface area contributed by atoms with Crippen LogP contribution in [0, 0.1) is 0 Å². The summed E-state index contributed by atoms with van der Waals surface area (Å²) in [5.74, 6) is -2.42. The van der Waals surface area contributed by atoms with Crippen LogP contribution in [-0.4, -0.2) is 104 Å². The van der Waals surface area contributed by atoms with Gasteiger partial charge in [-0.05, 0) is 30.3 Å². The number of halogens is 3. The summed E-state index contributed by atoms with van der Waals surface area (Å²) in [6.45, 7) is 2.99. The molecule has 1 aromatic heterocycles. The summed E-state index contributed by atoms with van der Waals surface area (Å²) in [7, 11) is 0. The highest BCUT2D eigenvalue weighted by Gasteiger charge is 2.49. The quantitative estimate of drug-likeness (QED) is 0.265. The summed E-state index contributed by atoms with van der Waals surface area (Å²) in [5, 5.41) is 39.1. The molecule has 2 fully saturated rings. The number of aromatic nitrogens is 2. The van der Waals surface area contributed by atoms with Crippen molar-refractivity contribution in [2.75, 3.05) is 37.6 Å². The zero-order valence-corrected chi connectivity index (χ0v) is 21.6. The molecule has 12 nitrogen and oxygen atoms in total. The lowest BCUT2D eigenvalue weighted by molar-refractivity contribution is -0.271. The van der Waals surface area contributed by atoms with E-state index in [1.807, 2.05) is 24.3 Å². The summed E-state index contributed by atoms with van der Waals surface area (Å²) in [6.07, 6.45) is -14.9. The van der Waals surface area contributed by atoms with Crippen molar-refractivity contribution in [3.8, 4) is 5.75 Å². The third-order valence-corrected chi connectivity index (χ3v) is 7.38. The third-order valence-electron chi connectivity index (χ3n) is 7.38. The summed E-state index contributed by atoms with van der Waals surface area (Å²) >= 11 is 0. The number of rotatable bonds is 7. The van der Waals surface area contributed by atoms with Crippen LogP contribution in [0.5, 0.6) is 5.75 Å². The average molecular weight is 583 g/mol. The molecule has 0 saturated carbocycles. The number of aliphatic hydroxyl groups excluding tert-OH is 3. The van der Waals surface area contributed by atoms with Gasteiger partial charge in [0.2, 0.25) is 6.29 Å². The standard InChI is InChI=1S/C26H29F3N4O8/c27-26(28,29)15-13-14(5-6-18(15)40-24-21(36)19(34)20(35)22(41-24)23(37)38)32-10-7-31(8-11-32)9-12-33-17-4-2-1-3-16(17)30-25(33)39/h1-6,13,19-22,24,34-36H,7-12H2,(H,30,39)(H,37,38)/t19-,20-,21+,22-,24+/m0/s1. The number of carboxylic acids is 1. The van der Waals surface area contributed by atoms with E-state index < -0.39 is 54.2 Å². The molecule has 2 aliphatic heterocycles. The summed E-state index contributed by atoms with van der Waals surface area (Å²) < 4.78 is 53.8. The molecule has 41 heavy (non-hydrogen) atoms. The molecule has 2 saturated heterocycles. The van der Waals surface area contributed by atoms with E-state index in [9.17, 15) is 43.2 Å². The Bertz CT molecular complexity index is 1450. The number of ether oxygens (including phenoxy) is 2. The van der Waals surface area contributed by atoms with Gasteiger partial charge in [-0.25, -0.2) is 9.59 Å². The molecule has 0 aliphatic carbocycles. The van der Waals surface area contributed by atoms with Gasteiger partial charge in [0, 0.05) is 45.0 Å². The van der Waals surface area contributed by atoms with Gasteiger partial charge in [0.1, 0.15) is 24.1 Å². The molecule has 5 atom stereocenters. The third kappa shape index (κ3) is 5.90. The zero-order chi connectivity index (χ0) is 29.5. The van der Waals surface area contributed by atoms with E-state index in [1.165, 1.54) is 6.07 Å². The first-order chi connectivity index (χ1) is 19.4. The number of anilines is 1. The molecule has 0 unspecified atom stereocenters. The van der Waals surface area contributed by atoms with Gasteiger partial charge >= 0.3 is 17.8 Å². The minimum Gasteiger partial charge on any atom is -0.479 e. The summed E-state index contributed by atoms with van der Waals surface area (Å²) in [5.41, 5.74) is 0.436. The van der Waals surface area contributed by atoms with E-state index in [0.29, 0.717) is 39.3 Å². The van der Waals surface area contributed by atoms with Gasteiger partial charge in [0.15, 0.2) is 6.10 Å². The van der Waals surface area contributed by atoms with Gasteiger partial charge in [0.25, 0.3) is 0 Å². The number of hydrogen-bond acceptors (Lipinski definition) is 9. The van der Waals surface area contributed by atoms with Crippen LogP contribution in [0.2, 0.25) is 0 Å². The first kappa shape index (κ1) is 28.9. The van der Waals surface area contributed by atoms with Gasteiger partial charge < -0.3 is 39.8 Å². The Morgan fingerprint density at radius 3 is 2.39 bits per heavy atom. The predicted molar refractivity (Wildman–Crippen MR) is 138 cm³/mol. The first-order valence-corrected chi connectivity index (χ1v) is 12.9. The molecule has 0 amide bonds. The van der Waals surface area contributed by atoms with Gasteiger partial charge in [-0.1, -0.05) is 12.1 Å². The Balaban J connectivity index is 1.25. The number of aromatic amines is 1. The Morgan fingerprint density at radius 1 is 1.00 bits per heavy atom. The number of carbonyl (C=O) groups is 1. The normalized spacial score (nSPS) is 25.9. The number of nitrogens with one attached hydrogen (secondary N) is 1. The maximum absolute atomic E-state index is 14.0. The molecular weight excluding hydrogens is 553 g/mol. The molecule has 15 heteroatoms. The fourth-order valence-electron chi connectivity index (χ4n) is 5.11. The van der Waals surface area contributed by atoms with Crippen molar-refractivity contribution in [3.63, 3.8) is 0 Å². The van der Waals surface area contributed by atoms with Crippen molar-refractivity contribution in [2.45, 2.75) is 43.4 Å². The van der Waals surface area contributed by atoms with Crippen LogP contribution in [0.1, 0.15) is 5.56 Å². The molecule has 3 heterocycles. The molecule has 0 spiro atoms. The molecule has 2 aromatic carbocycles. The number of imidazole rings is 1. The van der Waals surface area contributed by atoms with Crippen molar-refractivity contribution in [3.05, 3.63) is 58.5 Å². The number of alkyl halides is 3. The Kier molecular flexibility index (Phi) is 7.98. The number of aliphatic carboxylic acids is 1. The van der Waals surface area contributed by atoms with Crippen LogP contribution in [-0.2, 0) is 22.3 Å². The topological polar surface area (TPSA) is 161 Å². The van der Waals surface area contributed by atoms with Crippen LogP contribution in [0.15, 0.2) is 47.3 Å². The second kappa shape index (κ2) is 11.3. The SMILES string of the molecule is O=C(O)[C@H]1O[C@@H](Oc2ccc(N3CCN(CCn4c(=O)[nH]c5ccccc54)CC3)cc2C(F)(F)F)[C@H](O)[C@@H](O)[C@@H]1O. The number of aliphatic hydroxyl groups is 3. The maximum Gasteiger partial charge on any atom is 0.420 e. The molecule has 222 valence electrons. The van der Waals surface area contributed by atoms with Gasteiger partial charge in [-0.2, -0.15) is 13.2 Å². The molecule has 5 rings (SSSR count). The lowest BCUT2D eigenvalue weighted by Gasteiger charge is -2.39. The number of piperazine rings is 1. The number of H-pyrrole nitrogens is 1. The molecule has 2 aliphatic rings. The molecule has 5 N–H and O–H groups in total. The number of nitrogens with zero attached hydrogens (tertiary/aromatic N) is 3. The van der Waals surface area contributed by atoms with Gasteiger partial charge in [0.05, 0.1) is 16.6 Å². The van der Waals surface area contributed by atoms with E-state index in [2.05, 4.69) is 9.88 Å². The highest BCUT2D eigenvalue weighted by molar-refractivity contribution is 5.75. The van der Waals surface area contributed by atoms with E-state index in [1.54, 1.807) is 9.47 Å². The van der Waals surface area contributed by atoms with E-state index >= 15 is 0 Å². The highest BCUT2D eigenvalue weighted by atomic mass is 19.4. The number of carboxylic acid groups (broad SMARTS) is 1. The van der Waals surface area contributed by atoms with Crippen molar-refractivity contribution < 1.29 is 47.9 Å². The monoisotopic (exact) mass is 582 g/mol. The molecule has 3 aromatic rings. The number of fused-ring (bicyclic) bond motifs is 1. The molecule has 0 bridgehead atoms. The van der Waals surface area contributed by atoms with Crippen LogP contribution >= 0.6 is 0 Å². The number of hydrogen-bond donors (Lipinski definition) is 5. The second-order valence-electron chi connectivity index (χ2n) is 9.96. The van der Waals surface area contributed by atoms with E-state index in [0.717, 1.165) is 23.2 Å². The van der Waals surface area contributed by atoms with Gasteiger partial charge in [-0.15, -0.1) is 0 Å². The maximum atomic E-state index is 14.0. The highest BCUT2D eigenvalue weighted by Crippen LogP contribution is 2.40. The van der Waals surface area contributed by atoms with E-state index in [-0.39, 0.29) is 11.4 Å². The van der Waals surface area contributed by atoms with E-state index in [4.69, 9.17) is 9.47 Å². The van der Waals surface area contributed by atoms with Crippen molar-refractivity contribution in [1.29, 1.82) is 0 Å². The van der Waals surface area contributed by atoms with Crippen LogP contribution < -0.4 is 15.3 Å². The fourth-order valence-corrected chi connectivity index (χ4v) is 5.11.